The fourth-order valence-corrected chi connectivity index (χ4v) is 1.21. The van der Waals surface area contributed by atoms with Gasteiger partial charge in [-0.05, 0) is 6.42 Å². The number of hydrogen-bond donors (Lipinski definition) is 3. The highest BCUT2D eigenvalue weighted by atomic mass is 35.5. The highest BCUT2D eigenvalue weighted by Gasteiger charge is 2.03. The Balaban J connectivity index is 2.45. The lowest BCUT2D eigenvalue weighted by Crippen LogP contribution is -2.30. The summed E-state index contributed by atoms with van der Waals surface area (Å²) in [5, 5.41) is 5.77. The summed E-state index contributed by atoms with van der Waals surface area (Å²) in [6.45, 7) is 2.78. The Kier molecular flexibility index (Phi) is 4.78. The third-order valence-corrected chi connectivity index (χ3v) is 1.91. The van der Waals surface area contributed by atoms with Gasteiger partial charge in [0.15, 0.2) is 0 Å². The minimum absolute atomic E-state index is 0.0731. The lowest BCUT2D eigenvalue weighted by atomic mass is 10.4. The van der Waals surface area contributed by atoms with Crippen molar-refractivity contribution in [2.75, 3.05) is 24.1 Å². The van der Waals surface area contributed by atoms with Gasteiger partial charge in [-0.3, -0.25) is 4.79 Å². The number of aromatic nitrogens is 2. The van der Waals surface area contributed by atoms with Crippen LogP contribution in [0.25, 0.3) is 0 Å². The summed E-state index contributed by atoms with van der Waals surface area (Å²) in [4.78, 5) is 18.8. The summed E-state index contributed by atoms with van der Waals surface area (Å²) in [6, 6.07) is 1.50. The second-order valence-electron chi connectivity index (χ2n) is 3.14. The van der Waals surface area contributed by atoms with E-state index in [9.17, 15) is 4.79 Å². The number of nitrogens with zero attached hydrogens (tertiary/aromatic N) is 2. The van der Waals surface area contributed by atoms with Crippen LogP contribution in [-0.2, 0) is 4.79 Å². The highest BCUT2D eigenvalue weighted by Crippen LogP contribution is 2.11. The van der Waals surface area contributed by atoms with E-state index in [1.54, 1.807) is 0 Å². The number of rotatable bonds is 5. The molecule has 1 aromatic heterocycles. The molecule has 0 aliphatic rings. The predicted molar refractivity (Wildman–Crippen MR) is 63.2 cm³/mol. The number of nitrogen functional groups attached to an aromatic ring is 1. The van der Waals surface area contributed by atoms with Gasteiger partial charge in [0.1, 0.15) is 11.0 Å². The van der Waals surface area contributed by atoms with E-state index in [1.165, 1.54) is 6.07 Å². The second kappa shape index (κ2) is 6.12. The van der Waals surface area contributed by atoms with Crippen LogP contribution in [0.3, 0.4) is 0 Å². The summed E-state index contributed by atoms with van der Waals surface area (Å²) < 4.78 is 0. The first-order valence-electron chi connectivity index (χ1n) is 4.92. The van der Waals surface area contributed by atoms with Crippen LogP contribution in [0.2, 0.25) is 5.15 Å². The van der Waals surface area contributed by atoms with Crippen molar-refractivity contribution in [1.29, 1.82) is 0 Å². The lowest BCUT2D eigenvalue weighted by molar-refractivity contribution is -0.119. The Morgan fingerprint density at radius 3 is 2.94 bits per heavy atom. The number of hydrogen-bond acceptors (Lipinski definition) is 5. The molecule has 0 saturated heterocycles. The third kappa shape index (κ3) is 4.31. The Morgan fingerprint density at radius 1 is 1.56 bits per heavy atom. The molecule has 0 atom stereocenters. The molecule has 1 rings (SSSR count). The van der Waals surface area contributed by atoms with Gasteiger partial charge < -0.3 is 16.4 Å². The normalized spacial score (nSPS) is 9.88. The van der Waals surface area contributed by atoms with Crippen LogP contribution in [0.1, 0.15) is 13.3 Å². The van der Waals surface area contributed by atoms with Gasteiger partial charge in [0.05, 0.1) is 6.54 Å². The Bertz CT molecular complexity index is 351. The molecule has 88 valence electrons. The average molecular weight is 244 g/mol. The van der Waals surface area contributed by atoms with Gasteiger partial charge in [0.2, 0.25) is 11.9 Å². The molecule has 0 aromatic carbocycles. The van der Waals surface area contributed by atoms with E-state index in [0.29, 0.717) is 12.4 Å². The minimum Gasteiger partial charge on any atom is -0.368 e. The molecular formula is C9H14ClN5O. The number of nitrogens with two attached hydrogens (primary N) is 1. The van der Waals surface area contributed by atoms with Crippen molar-refractivity contribution >= 4 is 29.3 Å². The molecule has 7 heteroatoms. The average Bonchev–Trinajstić information content (AvgIpc) is 2.22. The molecule has 0 radical (unpaired) electrons. The van der Waals surface area contributed by atoms with Crippen LogP contribution in [0.5, 0.6) is 0 Å². The van der Waals surface area contributed by atoms with E-state index < -0.39 is 0 Å². The number of halogens is 1. The summed E-state index contributed by atoms with van der Waals surface area (Å²) in [6.07, 6.45) is 0.901. The van der Waals surface area contributed by atoms with Crippen LogP contribution in [0.4, 0.5) is 11.8 Å². The van der Waals surface area contributed by atoms with Crippen molar-refractivity contribution in [2.45, 2.75) is 13.3 Å². The zero-order valence-corrected chi connectivity index (χ0v) is 9.71. The van der Waals surface area contributed by atoms with Gasteiger partial charge in [-0.1, -0.05) is 18.5 Å². The molecule has 4 N–H and O–H groups in total. The molecule has 0 bridgehead atoms. The van der Waals surface area contributed by atoms with Gasteiger partial charge in [-0.25, -0.2) is 4.98 Å². The van der Waals surface area contributed by atoms with Gasteiger partial charge in [-0.2, -0.15) is 4.98 Å². The van der Waals surface area contributed by atoms with Crippen LogP contribution >= 0.6 is 11.6 Å². The summed E-state index contributed by atoms with van der Waals surface area (Å²) in [5.41, 5.74) is 5.40. The molecule has 0 spiro atoms. The predicted octanol–water partition coefficient (Wildman–Crippen LogP) is 0.650. The molecule has 1 amide bonds. The lowest BCUT2D eigenvalue weighted by Gasteiger charge is -2.06. The van der Waals surface area contributed by atoms with Gasteiger partial charge in [0.25, 0.3) is 0 Å². The molecule has 0 saturated carbocycles. The van der Waals surface area contributed by atoms with E-state index in [2.05, 4.69) is 20.6 Å². The Morgan fingerprint density at radius 2 is 2.31 bits per heavy atom. The van der Waals surface area contributed by atoms with Crippen LogP contribution in [-0.4, -0.2) is 29.0 Å². The Hall–Kier alpha value is -1.56. The minimum atomic E-state index is -0.102. The van der Waals surface area contributed by atoms with E-state index in [1.807, 2.05) is 6.92 Å². The first-order chi connectivity index (χ1) is 7.61. The molecular weight excluding hydrogens is 230 g/mol. The molecule has 0 unspecified atom stereocenters. The summed E-state index contributed by atoms with van der Waals surface area (Å²) in [7, 11) is 0. The van der Waals surface area contributed by atoms with E-state index in [-0.39, 0.29) is 23.6 Å². The standard InChI is InChI=1S/C9H14ClN5O/c1-2-3-12-8(16)5-13-7-4-6(10)14-9(11)15-7/h4H,2-3,5H2,1H3,(H,12,16)(H3,11,13,14,15). The van der Waals surface area contributed by atoms with Gasteiger partial charge >= 0.3 is 0 Å². The van der Waals surface area contributed by atoms with E-state index in [4.69, 9.17) is 17.3 Å². The maximum Gasteiger partial charge on any atom is 0.239 e. The number of amides is 1. The van der Waals surface area contributed by atoms with Crippen LogP contribution in [0.15, 0.2) is 6.07 Å². The van der Waals surface area contributed by atoms with Gasteiger partial charge in [0, 0.05) is 12.6 Å². The third-order valence-electron chi connectivity index (χ3n) is 1.71. The largest absolute Gasteiger partial charge is 0.368 e. The van der Waals surface area contributed by atoms with Crippen molar-refractivity contribution in [3.05, 3.63) is 11.2 Å². The monoisotopic (exact) mass is 243 g/mol. The number of nitrogens with one attached hydrogen (secondary N) is 2. The second-order valence-corrected chi connectivity index (χ2v) is 3.52. The maximum atomic E-state index is 11.3. The molecule has 16 heavy (non-hydrogen) atoms. The Labute approximate surface area is 98.6 Å². The first kappa shape index (κ1) is 12.5. The van der Waals surface area contributed by atoms with Gasteiger partial charge in [-0.15, -0.1) is 0 Å². The molecule has 1 aromatic rings. The van der Waals surface area contributed by atoms with E-state index >= 15 is 0 Å². The number of carbonyl (C=O) groups is 1. The highest BCUT2D eigenvalue weighted by molar-refractivity contribution is 6.29. The van der Waals surface area contributed by atoms with Crippen molar-refractivity contribution < 1.29 is 4.79 Å². The number of anilines is 2. The first-order valence-corrected chi connectivity index (χ1v) is 5.30. The van der Waals surface area contributed by atoms with E-state index in [0.717, 1.165) is 6.42 Å². The van der Waals surface area contributed by atoms with Crippen LogP contribution < -0.4 is 16.4 Å². The van der Waals surface area contributed by atoms with Crippen molar-refractivity contribution in [3.63, 3.8) is 0 Å². The zero-order valence-electron chi connectivity index (χ0n) is 8.96. The zero-order chi connectivity index (χ0) is 12.0. The maximum absolute atomic E-state index is 11.3. The van der Waals surface area contributed by atoms with Crippen molar-refractivity contribution in [1.82, 2.24) is 15.3 Å². The molecule has 0 aliphatic carbocycles. The molecule has 6 nitrogen and oxygen atoms in total. The summed E-state index contributed by atoms with van der Waals surface area (Å²) >= 11 is 5.68. The molecule has 0 aliphatic heterocycles. The smallest absolute Gasteiger partial charge is 0.239 e. The SMILES string of the molecule is CCCNC(=O)CNc1cc(Cl)nc(N)n1. The molecule has 0 fully saturated rings. The fraction of sp³-hybridized carbons (Fsp3) is 0.444. The number of carbonyl (C=O) groups excluding carboxylic acids is 1. The quantitative estimate of drug-likeness (QED) is 0.661. The van der Waals surface area contributed by atoms with Crippen LogP contribution in [0, 0.1) is 0 Å². The van der Waals surface area contributed by atoms with Crippen molar-refractivity contribution in [2.24, 2.45) is 0 Å². The fourth-order valence-electron chi connectivity index (χ4n) is 1.02. The molecule has 1 heterocycles. The topological polar surface area (TPSA) is 92.9 Å². The summed E-state index contributed by atoms with van der Waals surface area (Å²) in [5.74, 6) is 0.406. The van der Waals surface area contributed by atoms with Crippen molar-refractivity contribution in [3.8, 4) is 0 Å².